The van der Waals surface area contributed by atoms with Gasteiger partial charge >= 0.3 is 0 Å². The molecule has 0 aromatic rings. The fourth-order valence-electron chi connectivity index (χ4n) is 4.76. The molecule has 0 unspecified atom stereocenters. The molecule has 0 amide bonds. The Balaban J connectivity index is 1.84. The Bertz CT molecular complexity index is 230. The average Bonchev–Trinajstić information content (AvgIpc) is 2.40. The van der Waals surface area contributed by atoms with E-state index in [0.717, 1.165) is 5.82 Å². The summed E-state index contributed by atoms with van der Waals surface area (Å²) in [6.45, 7) is 2.63. The third-order valence-electron chi connectivity index (χ3n) is 6.07. The average molecular weight is 276 g/mol. The first-order chi connectivity index (χ1) is 9.79. The molecular formula is C19H37B. The zero-order valence-corrected chi connectivity index (χ0v) is 14.1. The largest absolute Gasteiger partial charge is 0.131 e. The Morgan fingerprint density at radius 1 is 0.600 bits per heavy atom. The van der Waals surface area contributed by atoms with Crippen molar-refractivity contribution in [2.45, 2.75) is 121 Å². The second kappa shape index (κ2) is 9.16. The molecule has 0 nitrogen and oxygen atoms in total. The molecule has 0 aromatic heterocycles. The van der Waals surface area contributed by atoms with Crippen LogP contribution < -0.4 is 0 Å². The van der Waals surface area contributed by atoms with Crippen molar-refractivity contribution >= 4 is 7.28 Å². The van der Waals surface area contributed by atoms with Gasteiger partial charge in [0.15, 0.2) is 0 Å². The topological polar surface area (TPSA) is 0 Å². The van der Waals surface area contributed by atoms with Gasteiger partial charge in [0, 0.05) is 0 Å². The van der Waals surface area contributed by atoms with Crippen molar-refractivity contribution in [3.63, 3.8) is 0 Å². The normalized spacial score (nSPS) is 27.2. The van der Waals surface area contributed by atoms with Crippen LogP contribution in [0.5, 0.6) is 0 Å². The SMILES string of the molecule is CC1(BC2CCCCCCC2)CCCCCCCCC1. The highest BCUT2D eigenvalue weighted by Gasteiger charge is 2.29. The van der Waals surface area contributed by atoms with Gasteiger partial charge in [0.1, 0.15) is 7.28 Å². The van der Waals surface area contributed by atoms with Crippen LogP contribution in [-0.2, 0) is 0 Å². The summed E-state index contributed by atoms with van der Waals surface area (Å²) in [4.78, 5) is 0. The smallest absolute Gasteiger partial charge is 0.0666 e. The zero-order valence-electron chi connectivity index (χ0n) is 14.1. The molecule has 0 spiro atoms. The quantitative estimate of drug-likeness (QED) is 0.495. The highest BCUT2D eigenvalue weighted by molar-refractivity contribution is 6.41. The number of rotatable bonds is 2. The fourth-order valence-corrected chi connectivity index (χ4v) is 4.76. The van der Waals surface area contributed by atoms with Crippen LogP contribution in [-0.4, -0.2) is 7.28 Å². The predicted molar refractivity (Wildman–Crippen MR) is 93.1 cm³/mol. The fraction of sp³-hybridized carbons (Fsp3) is 1.00. The van der Waals surface area contributed by atoms with E-state index < -0.39 is 0 Å². The van der Waals surface area contributed by atoms with Gasteiger partial charge in [-0.1, -0.05) is 121 Å². The summed E-state index contributed by atoms with van der Waals surface area (Å²) in [6, 6.07) is 0. The van der Waals surface area contributed by atoms with Crippen molar-refractivity contribution in [1.29, 1.82) is 0 Å². The van der Waals surface area contributed by atoms with Crippen LogP contribution in [0.1, 0.15) is 110 Å². The molecule has 116 valence electrons. The highest BCUT2D eigenvalue weighted by atomic mass is 14.2. The van der Waals surface area contributed by atoms with Crippen LogP contribution in [0.2, 0.25) is 11.1 Å². The molecule has 0 N–H and O–H groups in total. The van der Waals surface area contributed by atoms with E-state index in [9.17, 15) is 0 Å². The van der Waals surface area contributed by atoms with Crippen molar-refractivity contribution < 1.29 is 0 Å². The van der Waals surface area contributed by atoms with Crippen LogP contribution in [0.3, 0.4) is 0 Å². The van der Waals surface area contributed by atoms with Gasteiger partial charge in [0.05, 0.1) is 0 Å². The third kappa shape index (κ3) is 6.23. The maximum Gasteiger partial charge on any atom is 0.131 e. The molecular weight excluding hydrogens is 239 g/mol. The molecule has 0 radical (unpaired) electrons. The maximum atomic E-state index is 2.63. The summed E-state index contributed by atoms with van der Waals surface area (Å²) in [6.07, 6.45) is 24.2. The number of hydrogen-bond donors (Lipinski definition) is 0. The Morgan fingerprint density at radius 2 is 1.00 bits per heavy atom. The van der Waals surface area contributed by atoms with Gasteiger partial charge in [-0.15, -0.1) is 0 Å². The van der Waals surface area contributed by atoms with Gasteiger partial charge in [-0.2, -0.15) is 0 Å². The second-order valence-electron chi connectivity index (χ2n) is 8.20. The summed E-state index contributed by atoms with van der Waals surface area (Å²) >= 11 is 0. The van der Waals surface area contributed by atoms with E-state index >= 15 is 0 Å². The minimum Gasteiger partial charge on any atom is -0.0666 e. The van der Waals surface area contributed by atoms with E-state index in [-0.39, 0.29) is 0 Å². The summed E-state index contributed by atoms with van der Waals surface area (Å²) in [5.41, 5.74) is 0. The first-order valence-electron chi connectivity index (χ1n) is 9.79. The van der Waals surface area contributed by atoms with E-state index in [1.54, 1.807) is 7.28 Å². The summed E-state index contributed by atoms with van der Waals surface area (Å²) in [5.74, 6) is 1.06. The predicted octanol–water partition coefficient (Wildman–Crippen LogP) is 6.66. The lowest BCUT2D eigenvalue weighted by molar-refractivity contribution is 0.415. The Morgan fingerprint density at radius 3 is 1.50 bits per heavy atom. The van der Waals surface area contributed by atoms with Gasteiger partial charge in [0.2, 0.25) is 0 Å². The van der Waals surface area contributed by atoms with Crippen LogP contribution in [0.4, 0.5) is 0 Å². The summed E-state index contributed by atoms with van der Waals surface area (Å²) in [5, 5.41) is 0.682. The molecule has 2 rings (SSSR count). The van der Waals surface area contributed by atoms with E-state index in [2.05, 4.69) is 6.92 Å². The van der Waals surface area contributed by atoms with Crippen molar-refractivity contribution in [3.05, 3.63) is 0 Å². The molecule has 2 aliphatic carbocycles. The summed E-state index contributed by atoms with van der Waals surface area (Å²) < 4.78 is 0. The molecule has 0 bridgehead atoms. The molecule has 2 aliphatic rings. The minimum atomic E-state index is 0.682. The molecule has 2 fully saturated rings. The first kappa shape index (κ1) is 16.4. The molecule has 2 saturated carbocycles. The maximum absolute atomic E-state index is 2.63. The van der Waals surface area contributed by atoms with E-state index in [1.807, 2.05) is 0 Å². The third-order valence-corrected chi connectivity index (χ3v) is 6.07. The molecule has 20 heavy (non-hydrogen) atoms. The molecule has 0 saturated heterocycles. The van der Waals surface area contributed by atoms with Crippen LogP contribution in [0.15, 0.2) is 0 Å². The zero-order chi connectivity index (χ0) is 14.1. The molecule has 0 aliphatic heterocycles. The second-order valence-corrected chi connectivity index (χ2v) is 8.20. The Hall–Kier alpha value is 0.0649. The van der Waals surface area contributed by atoms with E-state index in [1.165, 1.54) is 103 Å². The van der Waals surface area contributed by atoms with Gasteiger partial charge in [-0.05, 0) is 0 Å². The van der Waals surface area contributed by atoms with Crippen molar-refractivity contribution in [2.24, 2.45) is 0 Å². The van der Waals surface area contributed by atoms with Gasteiger partial charge in [0.25, 0.3) is 0 Å². The highest BCUT2D eigenvalue weighted by Crippen LogP contribution is 2.43. The van der Waals surface area contributed by atoms with Gasteiger partial charge < -0.3 is 0 Å². The molecule has 0 atom stereocenters. The van der Waals surface area contributed by atoms with Crippen molar-refractivity contribution in [1.82, 2.24) is 0 Å². The lowest BCUT2D eigenvalue weighted by Crippen LogP contribution is -2.23. The van der Waals surface area contributed by atoms with E-state index in [4.69, 9.17) is 0 Å². The van der Waals surface area contributed by atoms with Crippen LogP contribution in [0, 0.1) is 0 Å². The van der Waals surface area contributed by atoms with Crippen LogP contribution >= 0.6 is 0 Å². The van der Waals surface area contributed by atoms with E-state index in [0.29, 0.717) is 5.31 Å². The molecule has 1 heteroatoms. The van der Waals surface area contributed by atoms with Crippen LogP contribution in [0.25, 0.3) is 0 Å². The van der Waals surface area contributed by atoms with Gasteiger partial charge in [-0.25, -0.2) is 0 Å². The number of hydrogen-bond acceptors (Lipinski definition) is 0. The lowest BCUT2D eigenvalue weighted by Gasteiger charge is -2.34. The first-order valence-corrected chi connectivity index (χ1v) is 9.79. The summed E-state index contributed by atoms with van der Waals surface area (Å²) in [7, 11) is 1.55. The van der Waals surface area contributed by atoms with Crippen molar-refractivity contribution in [2.75, 3.05) is 0 Å². The molecule has 0 heterocycles. The van der Waals surface area contributed by atoms with Gasteiger partial charge in [-0.3, -0.25) is 0 Å². The lowest BCUT2D eigenvalue weighted by atomic mass is 9.42. The van der Waals surface area contributed by atoms with Crippen molar-refractivity contribution in [3.8, 4) is 0 Å². The Labute approximate surface area is 128 Å². The minimum absolute atomic E-state index is 0.682. The Kier molecular flexibility index (Phi) is 7.53. The standard InChI is InChI=1S/C19H37B/c1-19(16-12-8-3-2-4-9-13-17-19)20-18-14-10-6-5-7-11-15-18/h18,20H,2-17H2,1H3. The monoisotopic (exact) mass is 276 g/mol. The molecule has 0 aromatic carbocycles.